The summed E-state index contributed by atoms with van der Waals surface area (Å²) < 4.78 is 5.75. The molecule has 2 saturated carbocycles. The van der Waals surface area contributed by atoms with E-state index in [0.717, 1.165) is 0 Å². The van der Waals surface area contributed by atoms with Crippen molar-refractivity contribution in [1.82, 2.24) is 4.90 Å². The molecule has 4 heteroatoms. The molecule has 0 aromatic carbocycles. The first-order valence-electron chi connectivity index (χ1n) is 7.49. The third kappa shape index (κ3) is 1.26. The number of rotatable bonds is 2. The highest BCUT2D eigenvalue weighted by atomic mass is 16.6. The summed E-state index contributed by atoms with van der Waals surface area (Å²) in [5, 5.41) is 0. The quantitative estimate of drug-likeness (QED) is 0.435. The van der Waals surface area contributed by atoms with Gasteiger partial charge in [-0.25, -0.2) is 0 Å². The Bertz CT molecular complexity index is 486. The zero-order valence-corrected chi connectivity index (χ0v) is 12.2. The van der Waals surface area contributed by atoms with Gasteiger partial charge in [-0.2, -0.15) is 0 Å². The Kier molecular flexibility index (Phi) is 2.22. The molecule has 6 atom stereocenters. The van der Waals surface area contributed by atoms with E-state index in [-0.39, 0.29) is 53.1 Å². The Morgan fingerprint density at radius 1 is 1.15 bits per heavy atom. The van der Waals surface area contributed by atoms with Crippen LogP contribution in [0.2, 0.25) is 0 Å². The highest BCUT2D eigenvalue weighted by molar-refractivity contribution is 6.06. The molecule has 0 radical (unpaired) electrons. The Morgan fingerprint density at radius 2 is 1.65 bits per heavy atom. The summed E-state index contributed by atoms with van der Waals surface area (Å²) in [5.74, 6) is 0.648. The minimum absolute atomic E-state index is 0.00981. The molecule has 2 bridgehead atoms. The van der Waals surface area contributed by atoms with Gasteiger partial charge in [0.05, 0.1) is 24.0 Å². The zero-order valence-electron chi connectivity index (χ0n) is 12.2. The van der Waals surface area contributed by atoms with Gasteiger partial charge in [0.25, 0.3) is 0 Å². The molecule has 4 fully saturated rings. The van der Waals surface area contributed by atoms with E-state index in [2.05, 4.69) is 27.4 Å². The molecule has 2 aliphatic heterocycles. The zero-order chi connectivity index (χ0) is 14.4. The van der Waals surface area contributed by atoms with E-state index in [4.69, 9.17) is 4.74 Å². The van der Waals surface area contributed by atoms with Crippen molar-refractivity contribution >= 4 is 11.8 Å². The van der Waals surface area contributed by atoms with E-state index >= 15 is 0 Å². The lowest BCUT2D eigenvalue weighted by Gasteiger charge is -2.34. The second-order valence-corrected chi connectivity index (χ2v) is 7.74. The first kappa shape index (κ1) is 12.6. The lowest BCUT2D eigenvalue weighted by Crippen LogP contribution is -2.38. The van der Waals surface area contributed by atoms with Crippen molar-refractivity contribution in [2.24, 2.45) is 35.0 Å². The monoisotopic (exact) mass is 275 g/mol. The van der Waals surface area contributed by atoms with Gasteiger partial charge in [-0.15, -0.1) is 6.58 Å². The van der Waals surface area contributed by atoms with Gasteiger partial charge in [-0.05, 0) is 11.3 Å². The summed E-state index contributed by atoms with van der Waals surface area (Å²) in [6.45, 7) is 10.7. The molecular weight excluding hydrogens is 254 g/mol. The number of hydrogen-bond donors (Lipinski definition) is 0. The van der Waals surface area contributed by atoms with Crippen LogP contribution in [0.4, 0.5) is 0 Å². The summed E-state index contributed by atoms with van der Waals surface area (Å²) in [5.41, 5.74) is 0.125. The van der Waals surface area contributed by atoms with Crippen LogP contribution < -0.4 is 0 Å². The van der Waals surface area contributed by atoms with Gasteiger partial charge in [0.2, 0.25) is 11.8 Å². The van der Waals surface area contributed by atoms with E-state index in [1.54, 1.807) is 6.08 Å². The van der Waals surface area contributed by atoms with Gasteiger partial charge in [-0.3, -0.25) is 14.5 Å². The van der Waals surface area contributed by atoms with Crippen LogP contribution >= 0.6 is 0 Å². The molecule has 4 nitrogen and oxygen atoms in total. The molecule has 2 amide bonds. The van der Waals surface area contributed by atoms with Crippen molar-refractivity contribution in [3.05, 3.63) is 12.7 Å². The van der Waals surface area contributed by atoms with E-state index in [0.29, 0.717) is 12.5 Å². The van der Waals surface area contributed by atoms with Gasteiger partial charge in [0.1, 0.15) is 0 Å². The fraction of sp³-hybridized carbons (Fsp3) is 0.750. The molecule has 0 aromatic heterocycles. The standard InChI is InChI=1S/C16H21NO3/c1-5-6-17-14(18)7-8(15(17)19)10-11(16(2,3)4)9(7)12-13(10)20-12/h5,7-13H,1,6H2,2-4H3. The minimum Gasteiger partial charge on any atom is -0.369 e. The molecule has 0 N–H and O–H groups in total. The third-order valence-electron chi connectivity index (χ3n) is 5.78. The fourth-order valence-corrected chi connectivity index (χ4v) is 5.32. The number of ether oxygens (including phenoxy) is 1. The van der Waals surface area contributed by atoms with Crippen LogP contribution in [-0.2, 0) is 14.3 Å². The van der Waals surface area contributed by atoms with Crippen molar-refractivity contribution < 1.29 is 14.3 Å². The number of carbonyl (C=O) groups is 2. The molecule has 2 heterocycles. The van der Waals surface area contributed by atoms with Crippen LogP contribution in [0.5, 0.6) is 0 Å². The predicted octanol–water partition coefficient (Wildman–Crippen LogP) is 1.46. The second kappa shape index (κ2) is 3.53. The average Bonchev–Trinajstić information content (AvgIpc) is 2.92. The lowest BCUT2D eigenvalue weighted by atomic mass is 9.72. The third-order valence-corrected chi connectivity index (χ3v) is 5.78. The molecular formula is C16H21NO3. The molecule has 4 aliphatic rings. The molecule has 6 unspecified atom stereocenters. The van der Waals surface area contributed by atoms with Crippen LogP contribution in [0.1, 0.15) is 20.8 Å². The Morgan fingerprint density at radius 3 is 2.05 bits per heavy atom. The molecule has 2 aliphatic carbocycles. The normalized spacial score (nSPS) is 48.5. The number of imide groups is 1. The molecule has 4 rings (SSSR count). The van der Waals surface area contributed by atoms with Crippen molar-refractivity contribution in [3.8, 4) is 0 Å². The number of nitrogens with zero attached hydrogens (tertiary/aromatic N) is 1. The van der Waals surface area contributed by atoms with Crippen LogP contribution in [0.25, 0.3) is 0 Å². The first-order chi connectivity index (χ1) is 9.38. The van der Waals surface area contributed by atoms with Crippen molar-refractivity contribution in [3.63, 3.8) is 0 Å². The van der Waals surface area contributed by atoms with Gasteiger partial charge in [-0.1, -0.05) is 26.8 Å². The molecule has 0 spiro atoms. The number of epoxide rings is 1. The van der Waals surface area contributed by atoms with Crippen molar-refractivity contribution in [2.45, 2.75) is 33.0 Å². The summed E-state index contributed by atoms with van der Waals surface area (Å²) >= 11 is 0. The minimum atomic E-state index is -0.138. The molecule has 2 saturated heterocycles. The Balaban J connectivity index is 1.74. The second-order valence-electron chi connectivity index (χ2n) is 7.74. The maximum atomic E-state index is 12.6. The topological polar surface area (TPSA) is 49.9 Å². The maximum absolute atomic E-state index is 12.6. The number of amides is 2. The fourth-order valence-electron chi connectivity index (χ4n) is 5.32. The molecule has 0 aromatic rings. The Hall–Kier alpha value is -1.16. The summed E-state index contributed by atoms with van der Waals surface area (Å²) in [6, 6.07) is 0. The lowest BCUT2D eigenvalue weighted by molar-refractivity contribution is -0.141. The van der Waals surface area contributed by atoms with Gasteiger partial charge in [0.15, 0.2) is 0 Å². The smallest absolute Gasteiger partial charge is 0.233 e. The summed E-state index contributed by atoms with van der Waals surface area (Å²) in [6.07, 6.45) is 2.09. The maximum Gasteiger partial charge on any atom is 0.233 e. The number of likely N-dealkylation sites (tertiary alicyclic amines) is 1. The highest BCUT2D eigenvalue weighted by Crippen LogP contribution is 2.70. The molecule has 108 valence electrons. The Labute approximate surface area is 119 Å². The van der Waals surface area contributed by atoms with Crippen molar-refractivity contribution in [1.29, 1.82) is 0 Å². The van der Waals surface area contributed by atoms with Crippen LogP contribution in [-0.4, -0.2) is 35.5 Å². The highest BCUT2D eigenvalue weighted by Gasteiger charge is 2.78. The van der Waals surface area contributed by atoms with Gasteiger partial charge in [0, 0.05) is 18.4 Å². The van der Waals surface area contributed by atoms with Gasteiger partial charge < -0.3 is 4.74 Å². The van der Waals surface area contributed by atoms with E-state index in [9.17, 15) is 9.59 Å². The summed E-state index contributed by atoms with van der Waals surface area (Å²) in [4.78, 5) is 26.6. The van der Waals surface area contributed by atoms with Gasteiger partial charge >= 0.3 is 0 Å². The average molecular weight is 275 g/mol. The number of fused-ring (bicyclic) bond motifs is 8. The predicted molar refractivity (Wildman–Crippen MR) is 72.5 cm³/mol. The largest absolute Gasteiger partial charge is 0.369 e. The van der Waals surface area contributed by atoms with E-state index < -0.39 is 0 Å². The summed E-state index contributed by atoms with van der Waals surface area (Å²) in [7, 11) is 0. The van der Waals surface area contributed by atoms with Crippen LogP contribution in [0, 0.1) is 35.0 Å². The number of hydrogen-bond acceptors (Lipinski definition) is 3. The van der Waals surface area contributed by atoms with Crippen LogP contribution in [0.3, 0.4) is 0 Å². The molecule has 20 heavy (non-hydrogen) atoms. The van der Waals surface area contributed by atoms with E-state index in [1.807, 2.05) is 0 Å². The van der Waals surface area contributed by atoms with Crippen molar-refractivity contribution in [2.75, 3.05) is 6.54 Å². The first-order valence-corrected chi connectivity index (χ1v) is 7.49. The SMILES string of the molecule is C=CCN1C(=O)C2C(C1=O)C1C3OC3C2C1C(C)(C)C. The van der Waals surface area contributed by atoms with Crippen LogP contribution in [0.15, 0.2) is 12.7 Å². The number of carbonyl (C=O) groups excluding carboxylic acids is 2. The van der Waals surface area contributed by atoms with E-state index in [1.165, 1.54) is 4.90 Å².